The first-order valence-corrected chi connectivity index (χ1v) is 32.9. The fourth-order valence-corrected chi connectivity index (χ4v) is 12.3. The molecule has 526 valence electrons. The number of aliphatic hydroxyl groups excluding tert-OH is 1. The first-order chi connectivity index (χ1) is 42.4. The monoisotopic (exact) mass is 1310 g/mol. The largest absolute Gasteiger partial charge is 0.390 e. The Labute approximate surface area is 547 Å². The summed E-state index contributed by atoms with van der Waals surface area (Å²) in [6.45, 7) is 28.1. The van der Waals surface area contributed by atoms with Crippen molar-refractivity contribution in [2.45, 2.75) is 235 Å². The van der Waals surface area contributed by atoms with Gasteiger partial charge in [-0.15, -0.1) is 0 Å². The third-order valence-corrected chi connectivity index (χ3v) is 18.1. The first kappa shape index (κ1) is 81.8. The van der Waals surface area contributed by atoms with Gasteiger partial charge in [0.05, 0.1) is 12.6 Å². The first-order valence-electron chi connectivity index (χ1n) is 32.9. The lowest BCUT2D eigenvalue weighted by Crippen LogP contribution is -2.64. The summed E-state index contributed by atoms with van der Waals surface area (Å²) < 4.78 is 29.3. The van der Waals surface area contributed by atoms with Gasteiger partial charge in [0, 0.05) is 68.8 Å². The number of halogens is 2. The smallest absolute Gasteiger partial charge is 0.261 e. The van der Waals surface area contributed by atoms with Crippen LogP contribution in [0.15, 0.2) is 12.2 Å². The lowest BCUT2D eigenvalue weighted by Gasteiger charge is -2.41. The highest BCUT2D eigenvalue weighted by Crippen LogP contribution is 2.30. The van der Waals surface area contributed by atoms with E-state index in [1.807, 2.05) is 41.5 Å². The second-order valence-electron chi connectivity index (χ2n) is 28.1. The van der Waals surface area contributed by atoms with Crippen molar-refractivity contribution in [1.82, 2.24) is 60.5 Å². The number of likely N-dealkylation sites (tertiary alicyclic amines) is 1. The zero-order valence-electron chi connectivity index (χ0n) is 59.8. The van der Waals surface area contributed by atoms with E-state index in [0.717, 1.165) is 14.7 Å². The Kier molecular flexibility index (Phi) is 31.8. The minimum absolute atomic E-state index is 0.00362. The molecule has 2 heterocycles. The van der Waals surface area contributed by atoms with E-state index in [9.17, 15) is 47.4 Å². The van der Waals surface area contributed by atoms with E-state index in [2.05, 4.69) is 21.3 Å². The van der Waals surface area contributed by atoms with Crippen LogP contribution < -0.4 is 21.3 Å². The van der Waals surface area contributed by atoms with Crippen LogP contribution in [0.2, 0.25) is 0 Å². The fourth-order valence-electron chi connectivity index (χ4n) is 12.3. The number of nitrogens with zero attached hydrogens (tertiary/aromatic N) is 8. The van der Waals surface area contributed by atoms with Gasteiger partial charge >= 0.3 is 0 Å². The third kappa shape index (κ3) is 21.6. The Balaban J connectivity index is 3.05. The number of alkyl halides is 2. The van der Waals surface area contributed by atoms with Crippen LogP contribution >= 0.6 is 0 Å². The summed E-state index contributed by atoms with van der Waals surface area (Å²) in [5.41, 5.74) is 0. The predicted molar refractivity (Wildman–Crippen MR) is 349 cm³/mol. The van der Waals surface area contributed by atoms with Gasteiger partial charge in [-0.05, 0) is 101 Å². The topological polar surface area (TPSA) is 282 Å². The maximum Gasteiger partial charge on any atom is 0.261 e. The van der Waals surface area contributed by atoms with Crippen molar-refractivity contribution in [2.24, 2.45) is 41.4 Å². The van der Waals surface area contributed by atoms with Crippen molar-refractivity contribution < 1.29 is 66.6 Å². The quantitative estimate of drug-likeness (QED) is 0.138. The molecule has 0 unspecified atom stereocenters. The Bertz CT molecular complexity index is 2590. The number of amides is 11. The molecule has 2 rings (SSSR count). The second kappa shape index (κ2) is 35.8. The molecule has 0 radical (unpaired) electrons. The van der Waals surface area contributed by atoms with Crippen LogP contribution in [0.1, 0.15) is 156 Å². The summed E-state index contributed by atoms with van der Waals surface area (Å²) in [6.07, 6.45) is 2.13. The van der Waals surface area contributed by atoms with Crippen LogP contribution in [0.3, 0.4) is 0 Å². The van der Waals surface area contributed by atoms with Gasteiger partial charge in [-0.3, -0.25) is 57.6 Å². The molecule has 11 amide bonds. The fraction of sp³-hybridized carbons (Fsp3) is 0.803. The zero-order chi connectivity index (χ0) is 71.0. The van der Waals surface area contributed by atoms with Crippen molar-refractivity contribution in [2.75, 3.05) is 69.0 Å². The summed E-state index contributed by atoms with van der Waals surface area (Å²) in [6, 6.07) is -14.6. The number of likely N-dealkylation sites (N-methyl/N-ethyl adjacent to an activating group) is 7. The molecule has 0 aromatic rings. The van der Waals surface area contributed by atoms with Crippen LogP contribution in [0.25, 0.3) is 0 Å². The second-order valence-corrected chi connectivity index (χ2v) is 28.1. The highest BCUT2D eigenvalue weighted by Gasteiger charge is 2.47. The molecule has 14 atom stereocenters. The van der Waals surface area contributed by atoms with Gasteiger partial charge in [0.25, 0.3) is 5.92 Å². The molecule has 0 spiro atoms. The highest BCUT2D eigenvalue weighted by molar-refractivity contribution is 6.00. The number of carbonyl (C=O) groups is 11. The summed E-state index contributed by atoms with van der Waals surface area (Å²) in [5, 5.41) is 23.1. The van der Waals surface area contributed by atoms with E-state index in [0.29, 0.717) is 0 Å². The summed E-state index contributed by atoms with van der Waals surface area (Å²) in [4.78, 5) is 172. The molecule has 2 saturated heterocycles. The number of hydrogen-bond donors (Lipinski definition) is 5. The number of rotatable bonds is 16. The summed E-state index contributed by atoms with van der Waals surface area (Å²) in [5.74, 6) is -14.5. The van der Waals surface area contributed by atoms with E-state index in [-0.39, 0.29) is 62.9 Å². The van der Waals surface area contributed by atoms with Crippen LogP contribution in [0, 0.1) is 41.4 Å². The van der Waals surface area contributed by atoms with Crippen LogP contribution in [-0.4, -0.2) is 257 Å². The Morgan fingerprint density at radius 2 is 0.967 bits per heavy atom. The Morgan fingerprint density at radius 3 is 1.43 bits per heavy atom. The maximum absolute atomic E-state index is 15.2. The molecule has 0 aromatic heterocycles. The number of aliphatic hydroxyl groups is 1. The van der Waals surface area contributed by atoms with Gasteiger partial charge in [0.15, 0.2) is 0 Å². The van der Waals surface area contributed by atoms with Crippen molar-refractivity contribution in [3.8, 4) is 0 Å². The van der Waals surface area contributed by atoms with Gasteiger partial charge in [-0.25, -0.2) is 8.78 Å². The minimum atomic E-state index is -3.00. The molecule has 2 aliphatic rings. The zero-order valence-corrected chi connectivity index (χ0v) is 59.8. The maximum atomic E-state index is 15.2. The molecule has 92 heavy (non-hydrogen) atoms. The molecule has 2 aliphatic heterocycles. The van der Waals surface area contributed by atoms with Gasteiger partial charge < -0.3 is 60.7 Å². The lowest BCUT2D eigenvalue weighted by molar-refractivity contribution is -0.157. The Hall–Kier alpha value is -6.31. The molecule has 26 heteroatoms. The standard InChI is InChI=1S/C66H116F2N12O12/c1-25-27-28-41(13)54(81)53-58(85)71-46(26-2)61(88)73(18)45(17)60(87)78(23)52(42(14)34-80-30-29-66(67,68)35-80)57(84)72-50(39(9)10)64(91)74(19)47(31-36(3)4)56(83)69-43(15)55(82)70-44(16)59(86)75(20)48(32-37(5)6)62(89)76(21)49(33-38(7)8)63(90)77(22)51(40(11)12)65(92)79(53)24/h25,27,36-54,81H,26,28-35H2,1-24H3,(H,69,83)(H,70,82)(H,71,85)(H,72,84)/b27-25+/t41-,42-,43+,44-,45-,46+,47+,48+,49+,50+,51+,52+,53+,54-/m1/s1. The molecule has 2 fully saturated rings. The molecule has 24 nitrogen and oxygen atoms in total. The third-order valence-electron chi connectivity index (χ3n) is 18.1. The van der Waals surface area contributed by atoms with Crippen molar-refractivity contribution >= 4 is 65.0 Å². The molecule has 0 bridgehead atoms. The lowest BCUT2D eigenvalue weighted by atomic mass is 9.91. The number of nitrogens with one attached hydrogen (secondary N) is 4. The van der Waals surface area contributed by atoms with Crippen LogP contribution in [0.5, 0.6) is 0 Å². The van der Waals surface area contributed by atoms with Gasteiger partial charge in [0.1, 0.15) is 66.5 Å². The normalized spacial score (nSPS) is 28.5. The van der Waals surface area contributed by atoms with Gasteiger partial charge in [-0.2, -0.15) is 0 Å². The number of carbonyl (C=O) groups excluding carboxylic acids is 11. The van der Waals surface area contributed by atoms with Gasteiger partial charge in [-0.1, -0.05) is 102 Å². The predicted octanol–water partition coefficient (Wildman–Crippen LogP) is 3.59. The molecule has 5 N–H and O–H groups in total. The van der Waals surface area contributed by atoms with E-state index in [1.54, 1.807) is 67.5 Å². The van der Waals surface area contributed by atoms with Crippen LogP contribution in [-0.2, 0) is 52.7 Å². The molecule has 0 aliphatic carbocycles. The molecule has 0 aromatic carbocycles. The van der Waals surface area contributed by atoms with E-state index in [4.69, 9.17) is 0 Å². The van der Waals surface area contributed by atoms with Crippen molar-refractivity contribution in [3.05, 3.63) is 12.2 Å². The minimum Gasteiger partial charge on any atom is -0.390 e. The summed E-state index contributed by atoms with van der Waals surface area (Å²) in [7, 11) is 9.64. The Morgan fingerprint density at radius 1 is 0.511 bits per heavy atom. The average Bonchev–Trinajstić information content (AvgIpc) is 0.913. The van der Waals surface area contributed by atoms with E-state index >= 15 is 19.2 Å². The highest BCUT2D eigenvalue weighted by atomic mass is 19.3. The molecular weight excluding hydrogens is 1190 g/mol. The SMILES string of the molecule is C/C=C/C[C@@H](C)[C@@H](O)[C@H]1C(=O)N[C@@H](CC)C(=O)N(C)[C@H](C)C(=O)N(C)[C@@H]([C@H](C)CN2CCC(F)(F)C2)C(=O)N[C@@H](C(C)C)C(=O)N(C)[C@@H](CC(C)C)C(=O)N[C@@H](C)C(=O)N[C@H](C)C(=O)N(C)[C@@H](CC(C)C)C(=O)N(C)[C@@H](CC(C)C)C(=O)N(C)[C@@H](C(C)C)C(=O)N1C. The number of allylic oxidation sites excluding steroid dienone is 2. The molecule has 0 saturated carbocycles. The van der Waals surface area contributed by atoms with E-state index in [1.165, 1.54) is 94.6 Å². The van der Waals surface area contributed by atoms with Crippen molar-refractivity contribution in [1.29, 1.82) is 0 Å². The molecular formula is C66H116F2N12O12. The van der Waals surface area contributed by atoms with Crippen LogP contribution in [0.4, 0.5) is 8.78 Å². The van der Waals surface area contributed by atoms with E-state index < -0.39 is 180 Å². The summed E-state index contributed by atoms with van der Waals surface area (Å²) >= 11 is 0. The number of hydrogen-bond acceptors (Lipinski definition) is 13. The average molecular weight is 1310 g/mol. The van der Waals surface area contributed by atoms with Gasteiger partial charge in [0.2, 0.25) is 65.0 Å². The van der Waals surface area contributed by atoms with Crippen molar-refractivity contribution in [3.63, 3.8) is 0 Å².